The van der Waals surface area contributed by atoms with Crippen LogP contribution in [0.5, 0.6) is 0 Å². The summed E-state index contributed by atoms with van der Waals surface area (Å²) in [5.41, 5.74) is 0. The third-order valence-corrected chi connectivity index (χ3v) is 3.18. The molecule has 1 saturated heterocycles. The Bertz CT molecular complexity index is 519. The van der Waals surface area contributed by atoms with Gasteiger partial charge in [0.25, 0.3) is 23.6 Å². The number of hydrogen-bond acceptors (Lipinski definition) is 6. The summed E-state index contributed by atoms with van der Waals surface area (Å²) >= 11 is 0. The first kappa shape index (κ1) is 14.9. The maximum Gasteiger partial charge on any atom is 0.355 e. The van der Waals surface area contributed by atoms with Crippen LogP contribution in [0.1, 0.15) is 32.6 Å². The highest BCUT2D eigenvalue weighted by Gasteiger charge is 2.40. The molecular formula is C13H14N2O6. The number of hydroxylamine groups is 2. The average Bonchev–Trinajstić information content (AvgIpc) is 2.93. The minimum Gasteiger partial charge on any atom is -0.328 e. The Morgan fingerprint density at radius 1 is 1.14 bits per heavy atom. The summed E-state index contributed by atoms with van der Waals surface area (Å²) < 4.78 is 0. The van der Waals surface area contributed by atoms with E-state index >= 15 is 0 Å². The van der Waals surface area contributed by atoms with Crippen LogP contribution in [0.2, 0.25) is 0 Å². The molecule has 1 unspecified atom stereocenters. The molecule has 1 fully saturated rings. The summed E-state index contributed by atoms with van der Waals surface area (Å²) in [5.74, 6) is -3.42. The zero-order chi connectivity index (χ0) is 15.6. The van der Waals surface area contributed by atoms with E-state index in [2.05, 4.69) is 0 Å². The van der Waals surface area contributed by atoms with Crippen LogP contribution in [0, 0.1) is 0 Å². The van der Waals surface area contributed by atoms with E-state index < -0.39 is 35.6 Å². The van der Waals surface area contributed by atoms with Crippen LogP contribution < -0.4 is 0 Å². The molecule has 1 atom stereocenters. The van der Waals surface area contributed by atoms with Crippen LogP contribution in [0.3, 0.4) is 0 Å². The maximum absolute atomic E-state index is 12.1. The lowest BCUT2D eigenvalue weighted by molar-refractivity contribution is -0.201. The Kier molecular flexibility index (Phi) is 4.15. The lowest BCUT2D eigenvalue weighted by Crippen LogP contribution is -2.48. The van der Waals surface area contributed by atoms with E-state index in [-0.39, 0.29) is 19.3 Å². The van der Waals surface area contributed by atoms with Crippen LogP contribution in [0.4, 0.5) is 0 Å². The van der Waals surface area contributed by atoms with Gasteiger partial charge in [-0.3, -0.25) is 24.1 Å². The fourth-order valence-electron chi connectivity index (χ4n) is 2.15. The summed E-state index contributed by atoms with van der Waals surface area (Å²) in [5, 5.41) is 0.406. The standard InChI is InChI=1S/C13H14N2O6/c1-2-3-8(14-9(16)4-5-10(14)17)13(20)21-15-11(18)6-7-12(15)19/h4-5,8H,2-3,6-7H2,1H3. The number of rotatable bonds is 5. The van der Waals surface area contributed by atoms with Crippen molar-refractivity contribution in [3.63, 3.8) is 0 Å². The van der Waals surface area contributed by atoms with Crippen molar-refractivity contribution in [2.45, 2.75) is 38.6 Å². The predicted molar refractivity (Wildman–Crippen MR) is 66.9 cm³/mol. The van der Waals surface area contributed by atoms with E-state index in [1.165, 1.54) is 0 Å². The molecule has 0 N–H and O–H groups in total. The van der Waals surface area contributed by atoms with Crippen LogP contribution in [-0.2, 0) is 28.8 Å². The molecule has 4 amide bonds. The van der Waals surface area contributed by atoms with Crippen molar-refractivity contribution in [3.8, 4) is 0 Å². The van der Waals surface area contributed by atoms with Crippen LogP contribution in [0.15, 0.2) is 12.2 Å². The molecule has 0 spiro atoms. The van der Waals surface area contributed by atoms with Gasteiger partial charge in [0, 0.05) is 25.0 Å². The smallest absolute Gasteiger partial charge is 0.328 e. The molecule has 0 aromatic carbocycles. The van der Waals surface area contributed by atoms with Gasteiger partial charge in [-0.25, -0.2) is 4.79 Å². The second kappa shape index (κ2) is 5.86. The molecule has 2 aliphatic rings. The van der Waals surface area contributed by atoms with E-state index in [4.69, 9.17) is 4.84 Å². The van der Waals surface area contributed by atoms with Crippen molar-refractivity contribution < 1.29 is 28.8 Å². The Morgan fingerprint density at radius 3 is 2.14 bits per heavy atom. The van der Waals surface area contributed by atoms with Gasteiger partial charge in [0.2, 0.25) is 0 Å². The van der Waals surface area contributed by atoms with Crippen molar-refractivity contribution in [1.29, 1.82) is 0 Å². The van der Waals surface area contributed by atoms with E-state index in [9.17, 15) is 24.0 Å². The summed E-state index contributed by atoms with van der Waals surface area (Å²) in [4.78, 5) is 63.8. The number of carbonyl (C=O) groups is 5. The van der Waals surface area contributed by atoms with Crippen LogP contribution in [-0.4, -0.2) is 45.6 Å². The maximum atomic E-state index is 12.1. The van der Waals surface area contributed by atoms with Crippen molar-refractivity contribution in [1.82, 2.24) is 9.96 Å². The zero-order valence-electron chi connectivity index (χ0n) is 11.4. The lowest BCUT2D eigenvalue weighted by Gasteiger charge is -2.25. The summed E-state index contributed by atoms with van der Waals surface area (Å²) in [6.45, 7) is 1.77. The Balaban J connectivity index is 2.13. The molecule has 112 valence electrons. The SMILES string of the molecule is CCCC(C(=O)ON1C(=O)CCC1=O)N1C(=O)C=CC1=O. The molecule has 8 nitrogen and oxygen atoms in total. The molecule has 2 aliphatic heterocycles. The van der Waals surface area contributed by atoms with Gasteiger partial charge in [0.1, 0.15) is 6.04 Å². The van der Waals surface area contributed by atoms with Gasteiger partial charge < -0.3 is 4.84 Å². The molecule has 2 rings (SSSR count). The molecule has 0 radical (unpaired) electrons. The number of amides is 4. The minimum atomic E-state index is -1.15. The lowest BCUT2D eigenvalue weighted by atomic mass is 10.1. The first-order valence-electron chi connectivity index (χ1n) is 6.58. The molecule has 8 heteroatoms. The normalized spacial score (nSPS) is 19.7. The Hall–Kier alpha value is -2.51. The molecule has 0 aromatic rings. The predicted octanol–water partition coefficient (Wildman–Crippen LogP) is -0.313. The van der Waals surface area contributed by atoms with Crippen LogP contribution >= 0.6 is 0 Å². The quantitative estimate of drug-likeness (QED) is 0.644. The summed E-state index contributed by atoms with van der Waals surface area (Å²) in [6, 6.07) is -1.15. The number of nitrogens with zero attached hydrogens (tertiary/aromatic N) is 2. The molecule has 0 saturated carbocycles. The fraction of sp³-hybridized carbons (Fsp3) is 0.462. The second-order valence-corrected chi connectivity index (χ2v) is 4.68. The van der Waals surface area contributed by atoms with E-state index in [0.29, 0.717) is 11.5 Å². The number of hydrogen-bond donors (Lipinski definition) is 0. The third-order valence-electron chi connectivity index (χ3n) is 3.18. The van der Waals surface area contributed by atoms with Gasteiger partial charge in [-0.05, 0) is 6.42 Å². The van der Waals surface area contributed by atoms with Crippen LogP contribution in [0.25, 0.3) is 0 Å². The van der Waals surface area contributed by atoms with Crippen molar-refractivity contribution in [2.75, 3.05) is 0 Å². The molecule has 2 heterocycles. The Morgan fingerprint density at radius 2 is 1.67 bits per heavy atom. The summed E-state index contributed by atoms with van der Waals surface area (Å²) in [7, 11) is 0. The molecular weight excluding hydrogens is 280 g/mol. The van der Waals surface area contributed by atoms with Gasteiger partial charge in [0.05, 0.1) is 0 Å². The molecule has 0 aliphatic carbocycles. The summed E-state index contributed by atoms with van der Waals surface area (Å²) in [6.07, 6.45) is 2.78. The fourth-order valence-corrected chi connectivity index (χ4v) is 2.15. The first-order valence-corrected chi connectivity index (χ1v) is 6.58. The monoisotopic (exact) mass is 294 g/mol. The average molecular weight is 294 g/mol. The highest BCUT2D eigenvalue weighted by atomic mass is 16.7. The second-order valence-electron chi connectivity index (χ2n) is 4.68. The highest BCUT2D eigenvalue weighted by Crippen LogP contribution is 2.18. The van der Waals surface area contributed by atoms with E-state index in [0.717, 1.165) is 17.1 Å². The van der Waals surface area contributed by atoms with Crippen molar-refractivity contribution >= 4 is 29.6 Å². The van der Waals surface area contributed by atoms with E-state index in [1.54, 1.807) is 6.92 Å². The topological polar surface area (TPSA) is 101 Å². The van der Waals surface area contributed by atoms with Gasteiger partial charge in [0.15, 0.2) is 0 Å². The van der Waals surface area contributed by atoms with Gasteiger partial charge in [-0.1, -0.05) is 13.3 Å². The van der Waals surface area contributed by atoms with Gasteiger partial charge in [-0.2, -0.15) is 0 Å². The number of imide groups is 2. The van der Waals surface area contributed by atoms with Crippen molar-refractivity contribution in [2.24, 2.45) is 0 Å². The minimum absolute atomic E-state index is 0.0202. The van der Waals surface area contributed by atoms with E-state index in [1.807, 2.05) is 0 Å². The molecule has 0 aromatic heterocycles. The number of carbonyl (C=O) groups excluding carboxylic acids is 5. The van der Waals surface area contributed by atoms with Gasteiger partial charge >= 0.3 is 5.97 Å². The molecule has 21 heavy (non-hydrogen) atoms. The Labute approximate surface area is 120 Å². The first-order chi connectivity index (χ1) is 9.95. The third kappa shape index (κ3) is 2.83. The largest absolute Gasteiger partial charge is 0.355 e. The van der Waals surface area contributed by atoms with Crippen molar-refractivity contribution in [3.05, 3.63) is 12.2 Å². The molecule has 0 bridgehead atoms. The highest BCUT2D eigenvalue weighted by molar-refractivity contribution is 6.15. The zero-order valence-corrected chi connectivity index (χ0v) is 11.4. The van der Waals surface area contributed by atoms with Gasteiger partial charge in [-0.15, -0.1) is 5.06 Å².